The quantitative estimate of drug-likeness (QED) is 0.0174. The summed E-state index contributed by atoms with van der Waals surface area (Å²) in [5, 5.41) is 128. The van der Waals surface area contributed by atoms with Gasteiger partial charge in [0.1, 0.15) is 52.6 Å². The number of phenolic OH excluding ortho intramolecular Hbond substituents is 3. The number of nitrogens with zero attached hydrogens (tertiary/aromatic N) is 1. The molecule has 9 atom stereocenters. The van der Waals surface area contributed by atoms with Gasteiger partial charge in [-0.25, -0.2) is 9.59 Å². The Bertz CT molecular complexity index is 2320. The molecule has 16 N–H and O–H groups in total. The summed E-state index contributed by atoms with van der Waals surface area (Å²) in [5.74, 6) is -9.90. The lowest BCUT2D eigenvalue weighted by molar-refractivity contribution is -0.429. The van der Waals surface area contributed by atoms with Gasteiger partial charge in [-0.1, -0.05) is 5.92 Å². The number of aliphatic hydroxyl groups is 8. The average Bonchev–Trinajstić information content (AvgIpc) is 3.21. The molecule has 0 unspecified atom stereocenters. The Balaban J connectivity index is 1.42. The molecular weight excluding hydrogens is 794 g/mol. The van der Waals surface area contributed by atoms with Crippen molar-refractivity contribution >= 4 is 28.9 Å². The van der Waals surface area contributed by atoms with E-state index < -0.39 is 125 Å². The number of fused-ring (bicyclic) bond motifs is 3. The van der Waals surface area contributed by atoms with E-state index in [1.807, 2.05) is 5.92 Å². The number of ether oxygens (including phenoxy) is 4. The normalized spacial score (nSPS) is 31.2. The van der Waals surface area contributed by atoms with Crippen molar-refractivity contribution in [3.05, 3.63) is 46.1 Å². The molecule has 3 aromatic rings. The van der Waals surface area contributed by atoms with Crippen molar-refractivity contribution in [1.82, 2.24) is 0 Å². The number of carbonyl (C=O) groups excluding carboxylic acids is 1. The van der Waals surface area contributed by atoms with Crippen LogP contribution in [0.15, 0.2) is 44.5 Å². The topological polar surface area (TPSA) is 408 Å². The molecule has 2 aromatic carbocycles. The van der Waals surface area contributed by atoms with E-state index in [1.54, 1.807) is 0 Å². The van der Waals surface area contributed by atoms with Crippen LogP contribution in [0.3, 0.4) is 0 Å². The minimum Gasteiger partial charge on any atom is -0.507 e. The van der Waals surface area contributed by atoms with E-state index in [4.69, 9.17) is 34.8 Å². The fraction of sp³-hybridized carbons (Fsp3) is 0.444. The smallest absolute Gasteiger partial charge is 0.354 e. The Morgan fingerprint density at radius 3 is 2.32 bits per heavy atom. The minimum atomic E-state index is -3.90. The second kappa shape index (κ2) is 15.4. The van der Waals surface area contributed by atoms with Gasteiger partial charge in [0.05, 0.1) is 6.42 Å². The van der Waals surface area contributed by atoms with Gasteiger partial charge in [-0.2, -0.15) is 0 Å². The highest BCUT2D eigenvalue weighted by molar-refractivity contribution is 5.87. The predicted octanol–water partition coefficient (Wildman–Crippen LogP) is -4.38. The number of phenols is 3. The van der Waals surface area contributed by atoms with E-state index in [0.29, 0.717) is 0 Å². The molecular formula is C36H39N3O20. The number of aliphatic hydroxyl groups excluding tert-OH is 6. The molecule has 1 spiro atoms. The van der Waals surface area contributed by atoms with Gasteiger partial charge in [-0.05, 0) is 30.9 Å². The van der Waals surface area contributed by atoms with E-state index in [-0.39, 0.29) is 47.2 Å². The van der Waals surface area contributed by atoms with E-state index >= 15 is 0 Å². The van der Waals surface area contributed by atoms with Crippen molar-refractivity contribution in [3.63, 3.8) is 0 Å². The Morgan fingerprint density at radius 2 is 1.66 bits per heavy atom. The number of benzene rings is 2. The monoisotopic (exact) mass is 833 g/mol. The van der Waals surface area contributed by atoms with Crippen LogP contribution in [0.25, 0.3) is 22.3 Å². The van der Waals surface area contributed by atoms with E-state index in [0.717, 1.165) is 24.3 Å². The highest BCUT2D eigenvalue weighted by atomic mass is 16.8. The number of carboxylic acid groups (broad SMARTS) is 1. The van der Waals surface area contributed by atoms with Crippen LogP contribution in [0.5, 0.6) is 23.0 Å². The first-order valence-electron chi connectivity index (χ1n) is 17.5. The highest BCUT2D eigenvalue weighted by Crippen LogP contribution is 2.47. The lowest BCUT2D eigenvalue weighted by Crippen LogP contribution is -2.79. The third kappa shape index (κ3) is 7.10. The first-order chi connectivity index (χ1) is 27.6. The SMILES string of the molecule is NC(N)=NCCC[C@]12OC(=O)[C@@]3(CC#C[C@](C(=O)O)(O1)C(O)(O)[C@H](O)[C@H]2O)O[C@H](Oc1cc(O)c2c(=O)cc(-c4cc(O)c(O)c(CCO)c4)oc2c1)[C@H](O)[C@@H](O)[C@@H]3O. The summed E-state index contributed by atoms with van der Waals surface area (Å²) in [4.78, 5) is 43.8. The maximum atomic E-state index is 14.3. The van der Waals surface area contributed by atoms with Gasteiger partial charge in [0.2, 0.25) is 23.5 Å². The van der Waals surface area contributed by atoms with Crippen molar-refractivity contribution in [3.8, 4) is 46.2 Å². The zero-order chi connectivity index (χ0) is 43.4. The molecule has 0 amide bonds. The Hall–Kier alpha value is -5.78. The number of aliphatic imine (C=N–C) groups is 1. The highest BCUT2D eigenvalue weighted by Gasteiger charge is 2.74. The molecule has 1 aromatic heterocycles. The Kier molecular flexibility index (Phi) is 11.2. The summed E-state index contributed by atoms with van der Waals surface area (Å²) in [6.45, 7) is -0.689. The number of carboxylic acids is 1. The molecule has 59 heavy (non-hydrogen) atoms. The molecule has 318 valence electrons. The van der Waals surface area contributed by atoms with Gasteiger partial charge in [-0.15, -0.1) is 0 Å². The summed E-state index contributed by atoms with van der Waals surface area (Å²) in [6, 6.07) is 5.20. The summed E-state index contributed by atoms with van der Waals surface area (Å²) < 4.78 is 28.3. The summed E-state index contributed by atoms with van der Waals surface area (Å²) in [5.41, 5.74) is 3.08. The standard InChI is InChI=1S/C36H39N3O20/c37-32(38)39-7-2-6-35-27(48)28(49)36(53,54)34(59-35,30(50)51)5-1-4-33(31(52)58-35)26(47)24(45)25(46)29(57-33)55-16-11-17(41)22-18(42)13-20(56-21(22)12-16)15-9-14(3-8-40)23(44)19(43)10-15/h9-13,24-29,40-41,43-49,53-54H,2-4,6-8H2,(H,50,51)(H4,37,38,39)/t24-,25-,26+,27-,28-,29+,33+,34-,35+/m1/s1. The average molecular weight is 834 g/mol. The maximum Gasteiger partial charge on any atom is 0.354 e. The third-order valence-corrected chi connectivity index (χ3v) is 10.1. The zero-order valence-corrected chi connectivity index (χ0v) is 30.3. The fourth-order valence-corrected chi connectivity index (χ4v) is 7.01. The van der Waals surface area contributed by atoms with Crippen molar-refractivity contribution in [2.75, 3.05) is 13.2 Å². The lowest BCUT2D eigenvalue weighted by atomic mass is 9.79. The Labute approximate surface area is 330 Å². The van der Waals surface area contributed by atoms with Crippen LogP contribution in [-0.2, 0) is 30.2 Å². The molecule has 2 bridgehead atoms. The van der Waals surface area contributed by atoms with Crippen LogP contribution in [0.2, 0.25) is 0 Å². The summed E-state index contributed by atoms with van der Waals surface area (Å²) >= 11 is 0. The molecule has 0 radical (unpaired) electrons. The van der Waals surface area contributed by atoms with E-state index in [1.165, 1.54) is 6.07 Å². The largest absolute Gasteiger partial charge is 0.507 e. The van der Waals surface area contributed by atoms with Crippen LogP contribution in [0.1, 0.15) is 24.8 Å². The molecule has 6 rings (SSSR count). The minimum absolute atomic E-state index is 0.0583. The van der Waals surface area contributed by atoms with E-state index in [9.17, 15) is 75.7 Å². The van der Waals surface area contributed by atoms with E-state index in [2.05, 4.69) is 10.9 Å². The molecule has 0 saturated carbocycles. The number of hydrogen-bond acceptors (Lipinski definition) is 20. The van der Waals surface area contributed by atoms with Crippen LogP contribution < -0.4 is 21.6 Å². The summed E-state index contributed by atoms with van der Waals surface area (Å²) in [7, 11) is 0. The van der Waals surface area contributed by atoms with Gasteiger partial charge < -0.3 is 96.1 Å². The van der Waals surface area contributed by atoms with Gasteiger partial charge in [0, 0.05) is 48.9 Å². The number of rotatable bonds is 10. The second-order valence-electron chi connectivity index (χ2n) is 14.0. The number of aliphatic carboxylic acids is 1. The number of guanidine groups is 1. The number of esters is 1. The molecule has 4 heterocycles. The van der Waals surface area contributed by atoms with Gasteiger partial charge in [0.15, 0.2) is 29.0 Å². The first-order valence-corrected chi connectivity index (χ1v) is 17.5. The molecule has 23 nitrogen and oxygen atoms in total. The van der Waals surface area contributed by atoms with Crippen LogP contribution >= 0.6 is 0 Å². The molecule has 0 aliphatic carbocycles. The predicted molar refractivity (Wildman–Crippen MR) is 192 cm³/mol. The fourth-order valence-electron chi connectivity index (χ4n) is 7.01. The molecule has 23 heteroatoms. The number of hydrogen-bond donors (Lipinski definition) is 14. The van der Waals surface area contributed by atoms with Gasteiger partial charge in [0.25, 0.3) is 5.60 Å². The molecule has 3 aliphatic rings. The van der Waals surface area contributed by atoms with Crippen LogP contribution in [-0.4, -0.2) is 152 Å². The number of aromatic hydroxyl groups is 3. The van der Waals surface area contributed by atoms with Crippen LogP contribution in [0, 0.1) is 11.8 Å². The van der Waals surface area contributed by atoms with Crippen LogP contribution in [0.4, 0.5) is 0 Å². The molecule has 2 saturated heterocycles. The number of carbonyl (C=O) groups is 2. The van der Waals surface area contributed by atoms with Gasteiger partial charge in [-0.3, -0.25) is 9.79 Å². The van der Waals surface area contributed by atoms with Gasteiger partial charge >= 0.3 is 11.9 Å². The van der Waals surface area contributed by atoms with Crippen molar-refractivity contribution in [1.29, 1.82) is 0 Å². The van der Waals surface area contributed by atoms with Crippen molar-refractivity contribution in [2.24, 2.45) is 16.5 Å². The third-order valence-electron chi connectivity index (χ3n) is 10.1. The summed E-state index contributed by atoms with van der Waals surface area (Å²) in [6.07, 6.45) is -17.3. The van der Waals surface area contributed by atoms with Crippen molar-refractivity contribution in [2.45, 2.75) is 85.3 Å². The number of nitrogens with two attached hydrogens (primary N) is 2. The maximum absolute atomic E-state index is 14.3. The second-order valence-corrected chi connectivity index (χ2v) is 14.0. The first kappa shape index (κ1) is 42.8. The van der Waals surface area contributed by atoms with Crippen molar-refractivity contribution < 1.29 is 94.2 Å². The lowest BCUT2D eigenvalue weighted by Gasteiger charge is -2.53. The zero-order valence-electron chi connectivity index (χ0n) is 30.3. The Morgan fingerprint density at radius 1 is 0.949 bits per heavy atom. The molecule has 3 aliphatic heterocycles. The molecule has 2 fully saturated rings.